The van der Waals surface area contributed by atoms with Gasteiger partial charge in [0.05, 0.1) is 0 Å². The molecule has 0 aromatic carbocycles. The van der Waals surface area contributed by atoms with Crippen LogP contribution in [0.15, 0.2) is 0 Å². The Labute approximate surface area is 104 Å². The van der Waals surface area contributed by atoms with Crippen LogP contribution in [0.5, 0.6) is 0 Å². The van der Waals surface area contributed by atoms with Gasteiger partial charge in [-0.2, -0.15) is 12.6 Å². The summed E-state index contributed by atoms with van der Waals surface area (Å²) < 4.78 is 0. The molecule has 5 nitrogen and oxygen atoms in total. The van der Waals surface area contributed by atoms with Gasteiger partial charge < -0.3 is 16.2 Å². The largest absolute Gasteiger partial charge is 0.480 e. The molecule has 0 aliphatic heterocycles. The summed E-state index contributed by atoms with van der Waals surface area (Å²) in [6.07, 6.45) is 0.136. The maximum atomic E-state index is 10.8. The molecule has 0 saturated carbocycles. The number of rotatable bonds is 5. The van der Waals surface area contributed by atoms with Gasteiger partial charge in [0, 0.05) is 48.3 Å². The summed E-state index contributed by atoms with van der Waals surface area (Å²) >= 11 is 3.77. The Kier molecular flexibility index (Phi) is 10.7. The van der Waals surface area contributed by atoms with Crippen molar-refractivity contribution in [3.05, 3.63) is 0 Å². The molecule has 0 bridgehead atoms. The molecular formula is C6H12N2NaO3S. The van der Waals surface area contributed by atoms with Gasteiger partial charge in [0.1, 0.15) is 6.04 Å². The maximum absolute atomic E-state index is 10.8. The van der Waals surface area contributed by atoms with Gasteiger partial charge in [-0.1, -0.05) is 0 Å². The summed E-state index contributed by atoms with van der Waals surface area (Å²) in [7, 11) is 0. The Bertz CT molecular complexity index is 179. The molecule has 13 heavy (non-hydrogen) atoms. The van der Waals surface area contributed by atoms with Crippen molar-refractivity contribution in [2.75, 3.05) is 12.3 Å². The topological polar surface area (TPSA) is 92.4 Å². The number of hydrogen-bond donors (Lipinski definition) is 4. The fourth-order valence-electron chi connectivity index (χ4n) is 0.583. The van der Waals surface area contributed by atoms with Crippen molar-refractivity contribution in [3.63, 3.8) is 0 Å². The fraction of sp³-hybridized carbons (Fsp3) is 0.667. The molecule has 7 heteroatoms. The van der Waals surface area contributed by atoms with E-state index < -0.39 is 12.0 Å². The van der Waals surface area contributed by atoms with Crippen LogP contribution in [0.25, 0.3) is 0 Å². The van der Waals surface area contributed by atoms with Crippen molar-refractivity contribution >= 4 is 54.1 Å². The Morgan fingerprint density at radius 2 is 2.08 bits per heavy atom. The number of aliphatic carboxylic acids is 1. The van der Waals surface area contributed by atoms with E-state index in [9.17, 15) is 9.59 Å². The molecule has 0 saturated heterocycles. The van der Waals surface area contributed by atoms with Crippen LogP contribution in [0.2, 0.25) is 0 Å². The first-order valence-corrected chi connectivity index (χ1v) is 4.08. The number of hydrogen-bond acceptors (Lipinski definition) is 4. The van der Waals surface area contributed by atoms with Gasteiger partial charge in [0.15, 0.2) is 0 Å². The molecule has 4 N–H and O–H groups in total. The van der Waals surface area contributed by atoms with Gasteiger partial charge in [-0.3, -0.25) is 4.79 Å². The van der Waals surface area contributed by atoms with Gasteiger partial charge in [-0.15, -0.1) is 0 Å². The fourth-order valence-corrected chi connectivity index (χ4v) is 0.831. The standard InChI is InChI=1S/C6H12N2O3S.Na/c7-2-1-5(9)8-4(3-12)6(10)11;/h4,12H,1-3,7H2,(H,8,9)(H,10,11);/t4-;/m0./s1. The minimum absolute atomic E-state index is 0. The normalized spacial score (nSPS) is 11.2. The summed E-state index contributed by atoms with van der Waals surface area (Å²) in [4.78, 5) is 21.2. The third-order valence-electron chi connectivity index (χ3n) is 1.19. The Morgan fingerprint density at radius 3 is 2.38 bits per heavy atom. The van der Waals surface area contributed by atoms with E-state index in [1.165, 1.54) is 0 Å². The number of thiol groups is 1. The molecule has 0 rings (SSSR count). The number of amides is 1. The molecule has 1 radical (unpaired) electrons. The van der Waals surface area contributed by atoms with Crippen molar-refractivity contribution in [2.24, 2.45) is 5.73 Å². The van der Waals surface area contributed by atoms with Crippen LogP contribution in [0.1, 0.15) is 6.42 Å². The first-order chi connectivity index (χ1) is 5.61. The monoisotopic (exact) mass is 215 g/mol. The number of nitrogens with one attached hydrogen (secondary N) is 1. The molecule has 0 aliphatic rings. The van der Waals surface area contributed by atoms with Gasteiger partial charge in [-0.25, -0.2) is 4.79 Å². The Hall–Kier alpha value is 0.250. The first-order valence-electron chi connectivity index (χ1n) is 3.45. The number of carboxylic acids is 1. The molecule has 1 amide bonds. The maximum Gasteiger partial charge on any atom is 0.327 e. The zero-order chi connectivity index (χ0) is 9.56. The molecule has 0 fully saturated rings. The summed E-state index contributed by atoms with van der Waals surface area (Å²) in [5.41, 5.74) is 5.10. The van der Waals surface area contributed by atoms with Crippen molar-refractivity contribution in [3.8, 4) is 0 Å². The minimum Gasteiger partial charge on any atom is -0.480 e. The third kappa shape index (κ3) is 7.33. The number of carbonyl (C=O) groups excluding carboxylic acids is 1. The van der Waals surface area contributed by atoms with Crippen molar-refractivity contribution in [1.29, 1.82) is 0 Å². The van der Waals surface area contributed by atoms with Crippen LogP contribution in [0.3, 0.4) is 0 Å². The van der Waals surface area contributed by atoms with Crippen LogP contribution >= 0.6 is 12.6 Å². The summed E-state index contributed by atoms with van der Waals surface area (Å²) in [5, 5.41) is 10.8. The molecule has 0 unspecified atom stereocenters. The molecule has 0 heterocycles. The van der Waals surface area contributed by atoms with Crippen molar-refractivity contribution < 1.29 is 14.7 Å². The average Bonchev–Trinajstić information content (AvgIpc) is 2.00. The number of nitrogens with two attached hydrogens (primary N) is 1. The molecule has 71 valence electrons. The molecular weight excluding hydrogens is 203 g/mol. The van der Waals surface area contributed by atoms with Crippen LogP contribution < -0.4 is 11.1 Å². The summed E-state index contributed by atoms with van der Waals surface area (Å²) in [6.45, 7) is 0.213. The van der Waals surface area contributed by atoms with Crippen LogP contribution in [-0.2, 0) is 9.59 Å². The molecule has 0 spiro atoms. The van der Waals surface area contributed by atoms with E-state index in [2.05, 4.69) is 17.9 Å². The SMILES string of the molecule is NCCC(=O)N[C@@H](CS)C(=O)O.[Na]. The Balaban J connectivity index is 0. The number of carboxylic acid groups (broad SMARTS) is 1. The van der Waals surface area contributed by atoms with Crippen LogP contribution in [0.4, 0.5) is 0 Å². The smallest absolute Gasteiger partial charge is 0.327 e. The van der Waals surface area contributed by atoms with E-state index in [-0.39, 0.29) is 54.2 Å². The van der Waals surface area contributed by atoms with Gasteiger partial charge in [0.2, 0.25) is 5.91 Å². The third-order valence-corrected chi connectivity index (χ3v) is 1.55. The van der Waals surface area contributed by atoms with Crippen LogP contribution in [-0.4, -0.2) is 64.9 Å². The van der Waals surface area contributed by atoms with E-state index in [0.29, 0.717) is 0 Å². The van der Waals surface area contributed by atoms with E-state index in [4.69, 9.17) is 10.8 Å². The molecule has 0 aliphatic carbocycles. The minimum atomic E-state index is -1.09. The van der Waals surface area contributed by atoms with Crippen molar-refractivity contribution in [1.82, 2.24) is 5.32 Å². The van der Waals surface area contributed by atoms with E-state index >= 15 is 0 Å². The van der Waals surface area contributed by atoms with Crippen molar-refractivity contribution in [2.45, 2.75) is 12.5 Å². The first kappa shape index (κ1) is 15.7. The summed E-state index contributed by atoms with van der Waals surface area (Å²) in [6, 6.07) is -0.924. The second kappa shape index (κ2) is 8.83. The predicted octanol–water partition coefficient (Wildman–Crippen LogP) is -1.55. The molecule has 0 aromatic heterocycles. The molecule has 1 atom stereocenters. The average molecular weight is 215 g/mol. The molecule has 0 aromatic rings. The van der Waals surface area contributed by atoms with Gasteiger partial charge in [-0.05, 0) is 0 Å². The Morgan fingerprint density at radius 1 is 1.54 bits per heavy atom. The number of carbonyl (C=O) groups is 2. The van der Waals surface area contributed by atoms with E-state index in [1.807, 2.05) is 0 Å². The quantitative estimate of drug-likeness (QED) is 0.330. The van der Waals surface area contributed by atoms with E-state index in [1.54, 1.807) is 0 Å². The van der Waals surface area contributed by atoms with Crippen LogP contribution in [0, 0.1) is 0 Å². The van der Waals surface area contributed by atoms with Gasteiger partial charge in [0.25, 0.3) is 0 Å². The van der Waals surface area contributed by atoms with Gasteiger partial charge >= 0.3 is 5.97 Å². The predicted molar refractivity (Wildman–Crippen MR) is 52.8 cm³/mol. The zero-order valence-electron chi connectivity index (χ0n) is 7.49. The summed E-state index contributed by atoms with van der Waals surface area (Å²) in [5.74, 6) is -1.37. The zero-order valence-corrected chi connectivity index (χ0v) is 10.4. The second-order valence-corrected chi connectivity index (χ2v) is 2.54. The second-order valence-electron chi connectivity index (χ2n) is 2.18. The van der Waals surface area contributed by atoms with E-state index in [0.717, 1.165) is 0 Å².